The summed E-state index contributed by atoms with van der Waals surface area (Å²) in [6.07, 6.45) is 0.472. The zero-order chi connectivity index (χ0) is 18.5. The summed E-state index contributed by atoms with van der Waals surface area (Å²) < 4.78 is 0. The molecule has 1 unspecified atom stereocenters. The van der Waals surface area contributed by atoms with Crippen LogP contribution in [0.2, 0.25) is 0 Å². The summed E-state index contributed by atoms with van der Waals surface area (Å²) in [5, 5.41) is 12.5. The lowest BCUT2D eigenvalue weighted by Gasteiger charge is -2.26. The van der Waals surface area contributed by atoms with Crippen LogP contribution in [0.1, 0.15) is 23.6 Å². The Morgan fingerprint density at radius 2 is 2.19 bits per heavy atom. The molecule has 1 atom stereocenters. The molecule has 1 aliphatic heterocycles. The average Bonchev–Trinajstić information content (AvgIpc) is 3.11. The van der Waals surface area contributed by atoms with E-state index in [2.05, 4.69) is 32.0 Å². The van der Waals surface area contributed by atoms with Crippen molar-refractivity contribution in [1.29, 1.82) is 0 Å². The molecule has 2 heterocycles. The second-order valence-electron chi connectivity index (χ2n) is 6.36. The first-order chi connectivity index (χ1) is 12.6. The maximum atomic E-state index is 11.9. The van der Waals surface area contributed by atoms with Crippen molar-refractivity contribution in [2.75, 3.05) is 37.9 Å². The standard InChI is InChI=1S/C18H24N6OS/c1-19-17(21-10-13-11-26-18(22-13)24(2)3)20-9-12-8-16(25)23-15-7-5-4-6-14(12)15/h4-7,11-12H,8-10H2,1-3H3,(H,23,25)(H2,19,20,21). The van der Waals surface area contributed by atoms with Crippen LogP contribution < -0.4 is 20.9 Å². The minimum absolute atomic E-state index is 0.0529. The van der Waals surface area contributed by atoms with E-state index in [4.69, 9.17) is 0 Å². The molecule has 0 spiro atoms. The van der Waals surface area contributed by atoms with Crippen LogP contribution in [-0.2, 0) is 11.3 Å². The number of rotatable bonds is 5. The Bertz CT molecular complexity index is 800. The first kappa shape index (κ1) is 18.2. The van der Waals surface area contributed by atoms with Crippen molar-refractivity contribution in [3.05, 3.63) is 40.9 Å². The quantitative estimate of drug-likeness (QED) is 0.552. The van der Waals surface area contributed by atoms with E-state index in [1.807, 2.05) is 42.6 Å². The van der Waals surface area contributed by atoms with Crippen molar-refractivity contribution in [1.82, 2.24) is 15.6 Å². The minimum atomic E-state index is 0.0529. The predicted molar refractivity (Wildman–Crippen MR) is 107 cm³/mol. The van der Waals surface area contributed by atoms with Crippen LogP contribution in [0.15, 0.2) is 34.6 Å². The normalized spacial score (nSPS) is 16.7. The van der Waals surface area contributed by atoms with Gasteiger partial charge in [0, 0.05) is 51.1 Å². The third kappa shape index (κ3) is 4.32. The first-order valence-corrected chi connectivity index (χ1v) is 9.40. The molecule has 0 saturated heterocycles. The van der Waals surface area contributed by atoms with Crippen molar-refractivity contribution in [3.63, 3.8) is 0 Å². The molecule has 0 bridgehead atoms. The number of amides is 1. The highest BCUT2D eigenvalue weighted by Crippen LogP contribution is 2.31. The Morgan fingerprint density at radius 3 is 2.92 bits per heavy atom. The van der Waals surface area contributed by atoms with Gasteiger partial charge in [-0.25, -0.2) is 4.98 Å². The molecule has 1 aliphatic rings. The average molecular weight is 372 g/mol. The number of nitrogens with one attached hydrogen (secondary N) is 3. The fourth-order valence-electron chi connectivity index (χ4n) is 2.88. The van der Waals surface area contributed by atoms with Gasteiger partial charge in [-0.15, -0.1) is 11.3 Å². The van der Waals surface area contributed by atoms with Crippen molar-refractivity contribution in [2.24, 2.45) is 4.99 Å². The second kappa shape index (κ2) is 8.18. The number of hydrogen-bond donors (Lipinski definition) is 3. The molecule has 1 amide bonds. The maximum Gasteiger partial charge on any atom is 0.225 e. The molecule has 7 nitrogen and oxygen atoms in total. The van der Waals surface area contributed by atoms with Crippen molar-refractivity contribution < 1.29 is 4.79 Å². The number of para-hydroxylation sites is 1. The molecule has 0 fully saturated rings. The summed E-state index contributed by atoms with van der Waals surface area (Å²) in [5.74, 6) is 0.878. The summed E-state index contributed by atoms with van der Waals surface area (Å²) in [5.41, 5.74) is 3.03. The number of anilines is 2. The number of carbonyl (C=O) groups is 1. The van der Waals surface area contributed by atoms with E-state index >= 15 is 0 Å². The van der Waals surface area contributed by atoms with Gasteiger partial charge < -0.3 is 20.9 Å². The largest absolute Gasteiger partial charge is 0.356 e. The summed E-state index contributed by atoms with van der Waals surface area (Å²) in [6, 6.07) is 7.94. The zero-order valence-electron chi connectivity index (χ0n) is 15.2. The van der Waals surface area contributed by atoms with E-state index in [-0.39, 0.29) is 11.8 Å². The number of thiazole rings is 1. The van der Waals surface area contributed by atoms with Crippen LogP contribution in [0, 0.1) is 0 Å². The molecule has 0 radical (unpaired) electrons. The molecule has 0 saturated carbocycles. The van der Waals surface area contributed by atoms with Gasteiger partial charge in [0.1, 0.15) is 0 Å². The molecule has 8 heteroatoms. The highest BCUT2D eigenvalue weighted by molar-refractivity contribution is 7.13. The van der Waals surface area contributed by atoms with Crippen LogP contribution in [0.3, 0.4) is 0 Å². The number of benzene rings is 1. The molecular formula is C18H24N6OS. The van der Waals surface area contributed by atoms with E-state index in [1.165, 1.54) is 0 Å². The minimum Gasteiger partial charge on any atom is -0.356 e. The lowest BCUT2D eigenvalue weighted by molar-refractivity contribution is -0.116. The highest BCUT2D eigenvalue weighted by atomic mass is 32.1. The molecule has 1 aromatic carbocycles. The number of aromatic nitrogens is 1. The van der Waals surface area contributed by atoms with Crippen molar-refractivity contribution in [2.45, 2.75) is 18.9 Å². The molecule has 1 aromatic heterocycles. The number of carbonyl (C=O) groups excluding carboxylic acids is 1. The van der Waals surface area contributed by atoms with E-state index < -0.39 is 0 Å². The van der Waals surface area contributed by atoms with Crippen LogP contribution in [-0.4, -0.2) is 44.5 Å². The van der Waals surface area contributed by atoms with Crippen LogP contribution in [0.5, 0.6) is 0 Å². The number of aliphatic imine (C=N–C) groups is 1. The first-order valence-electron chi connectivity index (χ1n) is 8.52. The van der Waals surface area contributed by atoms with Gasteiger partial charge in [0.15, 0.2) is 11.1 Å². The predicted octanol–water partition coefficient (Wildman–Crippen LogP) is 2.00. The van der Waals surface area contributed by atoms with Gasteiger partial charge in [-0.1, -0.05) is 18.2 Å². The van der Waals surface area contributed by atoms with Crippen LogP contribution in [0.4, 0.5) is 10.8 Å². The monoisotopic (exact) mass is 372 g/mol. The van der Waals surface area contributed by atoms with Gasteiger partial charge in [0.2, 0.25) is 5.91 Å². The number of fused-ring (bicyclic) bond motifs is 1. The molecule has 3 rings (SSSR count). The van der Waals surface area contributed by atoms with Gasteiger partial charge in [0.05, 0.1) is 12.2 Å². The van der Waals surface area contributed by atoms with E-state index in [1.54, 1.807) is 18.4 Å². The third-order valence-corrected chi connectivity index (χ3v) is 5.26. The summed E-state index contributed by atoms with van der Waals surface area (Å²) in [7, 11) is 5.70. The topological polar surface area (TPSA) is 81.7 Å². The maximum absolute atomic E-state index is 11.9. The third-order valence-electron chi connectivity index (χ3n) is 4.21. The van der Waals surface area contributed by atoms with Gasteiger partial charge in [-0.3, -0.25) is 9.79 Å². The smallest absolute Gasteiger partial charge is 0.225 e. The van der Waals surface area contributed by atoms with Crippen LogP contribution >= 0.6 is 11.3 Å². The van der Waals surface area contributed by atoms with Gasteiger partial charge in [-0.2, -0.15) is 0 Å². The van der Waals surface area contributed by atoms with Crippen molar-refractivity contribution >= 4 is 34.0 Å². The summed E-state index contributed by atoms with van der Waals surface area (Å²) in [4.78, 5) is 22.7. The van der Waals surface area contributed by atoms with Crippen molar-refractivity contribution in [3.8, 4) is 0 Å². The Labute approximate surface area is 157 Å². The Kier molecular flexibility index (Phi) is 5.72. The lowest BCUT2D eigenvalue weighted by atomic mass is 9.90. The van der Waals surface area contributed by atoms with Gasteiger partial charge >= 0.3 is 0 Å². The molecule has 138 valence electrons. The lowest BCUT2D eigenvalue weighted by Crippen LogP contribution is -2.40. The number of nitrogens with zero attached hydrogens (tertiary/aromatic N) is 3. The molecule has 2 aromatic rings. The summed E-state index contributed by atoms with van der Waals surface area (Å²) >= 11 is 1.62. The SMILES string of the molecule is CN=C(NCc1csc(N(C)C)n1)NCC1CC(=O)Nc2ccccc21. The van der Waals surface area contributed by atoms with Crippen LogP contribution in [0.25, 0.3) is 0 Å². The fraction of sp³-hybridized carbons (Fsp3) is 0.389. The Hall–Kier alpha value is -2.61. The molecule has 26 heavy (non-hydrogen) atoms. The van der Waals surface area contributed by atoms with E-state index in [0.717, 1.165) is 22.1 Å². The zero-order valence-corrected chi connectivity index (χ0v) is 16.1. The van der Waals surface area contributed by atoms with E-state index in [0.29, 0.717) is 25.5 Å². The molecule has 3 N–H and O–H groups in total. The van der Waals surface area contributed by atoms with Gasteiger partial charge in [-0.05, 0) is 11.6 Å². The molecular weight excluding hydrogens is 348 g/mol. The molecule has 0 aliphatic carbocycles. The van der Waals surface area contributed by atoms with Gasteiger partial charge in [0.25, 0.3) is 0 Å². The second-order valence-corrected chi connectivity index (χ2v) is 7.20. The Balaban J connectivity index is 1.56. The van der Waals surface area contributed by atoms with E-state index in [9.17, 15) is 4.79 Å². The highest BCUT2D eigenvalue weighted by Gasteiger charge is 2.24. The summed E-state index contributed by atoms with van der Waals surface area (Å²) in [6.45, 7) is 1.25. The Morgan fingerprint density at radius 1 is 1.38 bits per heavy atom. The fourth-order valence-corrected chi connectivity index (χ4v) is 3.64. The number of hydrogen-bond acceptors (Lipinski definition) is 5. The number of guanidine groups is 1.